The van der Waals surface area contributed by atoms with Crippen LogP contribution >= 0.6 is 0 Å². The van der Waals surface area contributed by atoms with E-state index in [0.29, 0.717) is 17.4 Å². The molecule has 0 aliphatic heterocycles. The number of hydrogen-bond acceptors (Lipinski definition) is 2. The van der Waals surface area contributed by atoms with Crippen LogP contribution in [0.15, 0.2) is 18.2 Å². The summed E-state index contributed by atoms with van der Waals surface area (Å²) in [4.78, 5) is 3.36. The largest absolute Gasteiger partial charge is 0.398 e. The van der Waals surface area contributed by atoms with Crippen molar-refractivity contribution in [2.24, 2.45) is 0 Å². The molecule has 0 heterocycles. The first-order valence-electron chi connectivity index (χ1n) is 5.83. The topological polar surface area (TPSA) is 42.4 Å². The molecule has 16 heavy (non-hydrogen) atoms. The number of nitrogens with one attached hydrogen (secondary N) is 1. The smallest absolute Gasteiger partial charge is 0.189 e. The molecule has 3 N–H and O–H groups in total. The van der Waals surface area contributed by atoms with Crippen molar-refractivity contribution < 1.29 is 0 Å². The molecule has 0 amide bonds. The highest BCUT2D eigenvalue weighted by Gasteiger charge is 2.13. The zero-order chi connectivity index (χ0) is 11.4. The first-order valence-corrected chi connectivity index (χ1v) is 5.83. The molecule has 0 saturated heterocycles. The second-order valence-corrected chi connectivity index (χ2v) is 4.36. The fourth-order valence-electron chi connectivity index (χ4n) is 2.22. The first-order chi connectivity index (χ1) is 7.79. The number of anilines is 2. The van der Waals surface area contributed by atoms with Crippen molar-refractivity contribution in [2.45, 2.75) is 38.1 Å². The lowest BCUT2D eigenvalue weighted by Gasteiger charge is -2.24. The van der Waals surface area contributed by atoms with E-state index in [9.17, 15) is 0 Å². The van der Waals surface area contributed by atoms with Gasteiger partial charge < -0.3 is 11.1 Å². The molecule has 0 aromatic heterocycles. The molecule has 2 rings (SSSR count). The minimum absolute atomic E-state index is 0.551. The van der Waals surface area contributed by atoms with Crippen molar-refractivity contribution in [1.29, 1.82) is 0 Å². The van der Waals surface area contributed by atoms with Gasteiger partial charge in [0.15, 0.2) is 5.69 Å². The maximum absolute atomic E-state index is 6.91. The molecule has 1 aliphatic carbocycles. The first kappa shape index (κ1) is 10.8. The average molecular weight is 215 g/mol. The van der Waals surface area contributed by atoms with Gasteiger partial charge in [-0.15, -0.1) is 0 Å². The molecule has 3 heteroatoms. The maximum Gasteiger partial charge on any atom is 0.189 e. The van der Waals surface area contributed by atoms with Crippen LogP contribution in [-0.4, -0.2) is 6.04 Å². The van der Waals surface area contributed by atoms with Crippen molar-refractivity contribution >= 4 is 17.1 Å². The number of nitrogens with two attached hydrogens (primary N) is 1. The number of hydrogen-bond donors (Lipinski definition) is 2. The Hall–Kier alpha value is -1.69. The van der Waals surface area contributed by atoms with Gasteiger partial charge in [0.25, 0.3) is 0 Å². The van der Waals surface area contributed by atoms with E-state index in [1.54, 1.807) is 6.07 Å². The van der Waals surface area contributed by atoms with E-state index >= 15 is 0 Å². The van der Waals surface area contributed by atoms with Gasteiger partial charge in [-0.3, -0.25) is 0 Å². The summed E-state index contributed by atoms with van der Waals surface area (Å²) in [5, 5.41) is 3.47. The van der Waals surface area contributed by atoms with Gasteiger partial charge in [-0.1, -0.05) is 25.3 Å². The van der Waals surface area contributed by atoms with Crippen molar-refractivity contribution in [3.8, 4) is 0 Å². The summed E-state index contributed by atoms with van der Waals surface area (Å²) in [5.74, 6) is 0. The summed E-state index contributed by atoms with van der Waals surface area (Å²) in [5.41, 5.74) is 8.16. The van der Waals surface area contributed by atoms with Crippen molar-refractivity contribution in [3.63, 3.8) is 0 Å². The Morgan fingerprint density at radius 2 is 2.00 bits per heavy atom. The van der Waals surface area contributed by atoms with Crippen LogP contribution in [0.3, 0.4) is 0 Å². The van der Waals surface area contributed by atoms with Crippen LogP contribution < -0.4 is 11.1 Å². The number of nitrogen functional groups attached to an aromatic ring is 1. The van der Waals surface area contributed by atoms with Gasteiger partial charge >= 0.3 is 0 Å². The van der Waals surface area contributed by atoms with Crippen molar-refractivity contribution in [1.82, 2.24) is 0 Å². The molecule has 0 radical (unpaired) electrons. The zero-order valence-corrected chi connectivity index (χ0v) is 9.37. The third-order valence-corrected chi connectivity index (χ3v) is 3.13. The SMILES string of the molecule is [C-]#[N+]c1ccc(NC2CCCCC2)c(N)c1. The Morgan fingerprint density at radius 3 is 2.62 bits per heavy atom. The van der Waals surface area contributed by atoms with E-state index in [1.165, 1.54) is 32.1 Å². The van der Waals surface area contributed by atoms with E-state index in [1.807, 2.05) is 12.1 Å². The van der Waals surface area contributed by atoms with Crippen molar-refractivity contribution in [3.05, 3.63) is 29.6 Å². The molecule has 0 unspecified atom stereocenters. The molecule has 0 atom stereocenters. The van der Waals surface area contributed by atoms with E-state index in [4.69, 9.17) is 12.3 Å². The second kappa shape index (κ2) is 4.89. The molecular formula is C13H17N3. The third-order valence-electron chi connectivity index (χ3n) is 3.13. The molecule has 1 aliphatic rings. The highest BCUT2D eigenvalue weighted by atomic mass is 14.9. The van der Waals surface area contributed by atoms with Crippen LogP contribution in [0, 0.1) is 6.57 Å². The summed E-state index contributed by atoms with van der Waals surface area (Å²) >= 11 is 0. The van der Waals surface area contributed by atoms with Crippen LogP contribution in [0.2, 0.25) is 0 Å². The molecule has 84 valence electrons. The second-order valence-electron chi connectivity index (χ2n) is 4.36. The lowest BCUT2D eigenvalue weighted by molar-refractivity contribution is 0.463. The third kappa shape index (κ3) is 2.46. The Balaban J connectivity index is 2.06. The summed E-state index contributed by atoms with van der Waals surface area (Å²) in [6.07, 6.45) is 6.41. The van der Waals surface area contributed by atoms with Gasteiger partial charge in [0, 0.05) is 11.7 Å². The van der Waals surface area contributed by atoms with Crippen LogP contribution in [0.5, 0.6) is 0 Å². The lowest BCUT2D eigenvalue weighted by atomic mass is 9.95. The van der Waals surface area contributed by atoms with Gasteiger partial charge in [0.05, 0.1) is 12.3 Å². The normalized spacial score (nSPS) is 16.7. The highest BCUT2D eigenvalue weighted by molar-refractivity contribution is 5.72. The molecule has 1 aromatic rings. The predicted octanol–water partition coefficient (Wildman–Crippen LogP) is 3.56. The quantitative estimate of drug-likeness (QED) is 0.585. The minimum Gasteiger partial charge on any atom is -0.398 e. The Labute approximate surface area is 96.5 Å². The monoisotopic (exact) mass is 215 g/mol. The average Bonchev–Trinajstić information content (AvgIpc) is 2.33. The van der Waals surface area contributed by atoms with Gasteiger partial charge in [-0.05, 0) is 25.0 Å². The zero-order valence-electron chi connectivity index (χ0n) is 9.37. The predicted molar refractivity (Wildman–Crippen MR) is 67.6 cm³/mol. The van der Waals surface area contributed by atoms with Crippen LogP contribution in [-0.2, 0) is 0 Å². The number of benzene rings is 1. The minimum atomic E-state index is 0.551. The summed E-state index contributed by atoms with van der Waals surface area (Å²) < 4.78 is 0. The maximum atomic E-state index is 6.91. The molecule has 1 fully saturated rings. The standard InChI is InChI=1S/C13H17N3/c1-15-11-7-8-13(12(14)9-11)16-10-5-3-2-4-6-10/h7-10,16H,2-6,14H2. The summed E-state index contributed by atoms with van der Waals surface area (Å²) in [6.45, 7) is 6.91. The fraction of sp³-hybridized carbons (Fsp3) is 0.462. The Morgan fingerprint density at radius 1 is 1.25 bits per heavy atom. The van der Waals surface area contributed by atoms with Crippen LogP contribution in [0.25, 0.3) is 4.85 Å². The van der Waals surface area contributed by atoms with E-state index in [-0.39, 0.29) is 0 Å². The number of nitrogens with zero attached hydrogens (tertiary/aromatic N) is 1. The van der Waals surface area contributed by atoms with Gasteiger partial charge in [0.1, 0.15) is 0 Å². The lowest BCUT2D eigenvalue weighted by Crippen LogP contribution is -2.22. The van der Waals surface area contributed by atoms with E-state index in [0.717, 1.165) is 5.69 Å². The van der Waals surface area contributed by atoms with Gasteiger partial charge in [-0.25, -0.2) is 4.85 Å². The van der Waals surface area contributed by atoms with Crippen molar-refractivity contribution in [2.75, 3.05) is 11.1 Å². The van der Waals surface area contributed by atoms with Crippen LogP contribution in [0.4, 0.5) is 17.1 Å². The van der Waals surface area contributed by atoms with Gasteiger partial charge in [0.2, 0.25) is 0 Å². The van der Waals surface area contributed by atoms with E-state index < -0.39 is 0 Å². The highest BCUT2D eigenvalue weighted by Crippen LogP contribution is 2.28. The number of rotatable bonds is 2. The molecule has 3 nitrogen and oxygen atoms in total. The summed E-state index contributed by atoms with van der Waals surface area (Å²) in [6, 6.07) is 6.01. The molecule has 1 aromatic carbocycles. The fourth-order valence-corrected chi connectivity index (χ4v) is 2.22. The molecule has 0 bridgehead atoms. The Bertz CT molecular complexity index is 400. The Kier molecular flexibility index (Phi) is 3.31. The summed E-state index contributed by atoms with van der Waals surface area (Å²) in [7, 11) is 0. The molecule has 0 spiro atoms. The van der Waals surface area contributed by atoms with E-state index in [2.05, 4.69) is 10.2 Å². The van der Waals surface area contributed by atoms with Gasteiger partial charge in [-0.2, -0.15) is 0 Å². The molecule has 1 saturated carbocycles. The van der Waals surface area contributed by atoms with Crippen LogP contribution in [0.1, 0.15) is 32.1 Å². The molecular weight excluding hydrogens is 198 g/mol.